The Morgan fingerprint density at radius 2 is 1.25 bits per heavy atom. The van der Waals surface area contributed by atoms with Crippen molar-refractivity contribution in [2.45, 2.75) is 77.6 Å². The third kappa shape index (κ3) is 17.1. The molecule has 0 bridgehead atoms. The first-order valence-electron chi connectivity index (χ1n) is 8.85. The van der Waals surface area contributed by atoms with Gasteiger partial charge in [-0.1, -0.05) is 95.0 Å². The molecule has 5 nitrogen and oxygen atoms in total. The van der Waals surface area contributed by atoms with Crippen LogP contribution < -0.4 is 0 Å². The molecular weight excluding hydrogens is 326 g/mol. The minimum Gasteiger partial charge on any atom is -0.266 e. The Labute approximate surface area is 146 Å². The van der Waals surface area contributed by atoms with E-state index in [0.29, 0.717) is 0 Å². The number of benzene rings is 1. The van der Waals surface area contributed by atoms with Crippen LogP contribution in [0.4, 0.5) is 0 Å². The Bertz CT molecular complexity index is 491. The molecule has 0 spiro atoms. The first-order chi connectivity index (χ1) is 11.5. The summed E-state index contributed by atoms with van der Waals surface area (Å²) in [6.45, 7) is 2.28. The number of aryl methyl sites for hydroxylation is 1. The summed E-state index contributed by atoms with van der Waals surface area (Å²) in [5.41, 5.74) is 1.50. The van der Waals surface area contributed by atoms with Gasteiger partial charge in [-0.05, 0) is 18.4 Å². The normalized spacial score (nSPS) is 10.8. The van der Waals surface area contributed by atoms with Crippen molar-refractivity contribution in [1.29, 1.82) is 0 Å². The van der Waals surface area contributed by atoms with Gasteiger partial charge in [0.25, 0.3) is 0 Å². The molecule has 0 saturated heterocycles. The van der Waals surface area contributed by atoms with E-state index in [9.17, 15) is 0 Å². The van der Waals surface area contributed by atoms with E-state index in [4.69, 9.17) is 17.9 Å². The third-order valence-electron chi connectivity index (χ3n) is 3.76. The van der Waals surface area contributed by atoms with Gasteiger partial charge in [-0.25, -0.2) is 0 Å². The predicted molar refractivity (Wildman–Crippen MR) is 99.3 cm³/mol. The molecular formula is C18H31NO4S. The molecule has 0 saturated carbocycles. The number of nitrogens with zero attached hydrogens (tertiary/aromatic N) is 1. The Kier molecular flexibility index (Phi) is 14.5. The van der Waals surface area contributed by atoms with Crippen molar-refractivity contribution in [2.75, 3.05) is 0 Å². The number of rotatable bonds is 12. The van der Waals surface area contributed by atoms with Crippen LogP contribution in [-0.2, 0) is 16.7 Å². The van der Waals surface area contributed by atoms with Gasteiger partial charge in [0.2, 0.25) is 0 Å². The summed E-state index contributed by atoms with van der Waals surface area (Å²) in [5.74, 6) is 0. The fourth-order valence-electron chi connectivity index (χ4n) is 2.46. The molecule has 0 atom stereocenters. The van der Waals surface area contributed by atoms with Gasteiger partial charge < -0.3 is 0 Å². The van der Waals surface area contributed by atoms with Crippen LogP contribution in [0.5, 0.6) is 0 Å². The highest BCUT2D eigenvalue weighted by Gasteiger charge is 1.96. The number of unbranched alkanes of at least 4 members (excludes halogenated alkanes) is 9. The zero-order chi connectivity index (χ0) is 18.1. The topological polar surface area (TPSA) is 83.8 Å². The fraction of sp³-hybridized carbons (Fsp3) is 0.667. The van der Waals surface area contributed by atoms with Crippen LogP contribution in [0.25, 0.3) is 0 Å². The molecule has 0 aromatic heterocycles. The lowest BCUT2D eigenvalue weighted by Gasteiger charge is -2.03. The maximum absolute atomic E-state index is 9.08. The summed E-state index contributed by atoms with van der Waals surface area (Å²) in [7, 11) is -4.59. The minimum absolute atomic E-state index is 1.26. The zero-order valence-corrected chi connectivity index (χ0v) is 15.5. The van der Waals surface area contributed by atoms with Crippen LogP contribution in [0.2, 0.25) is 0 Å². The summed E-state index contributed by atoms with van der Waals surface area (Å²) in [6, 6.07) is 10.9. The lowest BCUT2D eigenvalue weighted by atomic mass is 10.0. The van der Waals surface area contributed by atoms with Crippen LogP contribution >= 0.6 is 0 Å². The lowest BCUT2D eigenvalue weighted by molar-refractivity contribution is 0.485. The molecule has 1 aromatic carbocycles. The number of hydrogen-bond donors (Lipinski definition) is 1. The quantitative estimate of drug-likeness (QED) is 0.295. The average Bonchev–Trinajstić information content (AvgIpc) is 2.57. The largest absolute Gasteiger partial charge is 0.413 e. The van der Waals surface area contributed by atoms with Crippen LogP contribution in [-0.4, -0.2) is 13.0 Å². The molecule has 1 N–H and O–H groups in total. The summed E-state index contributed by atoms with van der Waals surface area (Å²) in [4.78, 5) is 8.74. The average molecular weight is 358 g/mol. The van der Waals surface area contributed by atoms with Gasteiger partial charge >= 0.3 is 10.3 Å². The molecule has 138 valence electrons. The van der Waals surface area contributed by atoms with Gasteiger partial charge in [0.15, 0.2) is 0 Å². The summed E-state index contributed by atoms with van der Waals surface area (Å²) < 4.78 is 26.8. The molecule has 0 aliphatic carbocycles. The van der Waals surface area contributed by atoms with Crippen molar-refractivity contribution in [3.63, 3.8) is 0 Å². The number of hydrogen-bond acceptors (Lipinski definition) is 3. The highest BCUT2D eigenvalue weighted by atomic mass is 32.2. The van der Waals surface area contributed by atoms with Crippen molar-refractivity contribution >= 4 is 10.3 Å². The van der Waals surface area contributed by atoms with Crippen molar-refractivity contribution in [2.24, 2.45) is 4.58 Å². The van der Waals surface area contributed by atoms with Crippen molar-refractivity contribution in [1.82, 2.24) is 0 Å². The maximum atomic E-state index is 9.08. The smallest absolute Gasteiger partial charge is 0.266 e. The van der Waals surface area contributed by atoms with Gasteiger partial charge in [-0.15, -0.1) is 4.91 Å². The Morgan fingerprint density at radius 1 is 0.833 bits per heavy atom. The summed E-state index contributed by atoms with van der Waals surface area (Å²) in [6.07, 6.45) is 15.5. The van der Waals surface area contributed by atoms with Gasteiger partial charge in [0, 0.05) is 0 Å². The first-order valence-corrected chi connectivity index (χ1v) is 10.2. The first kappa shape index (κ1) is 22.7. The molecule has 0 amide bonds. The van der Waals surface area contributed by atoms with E-state index in [1.807, 2.05) is 0 Å². The van der Waals surface area contributed by atoms with Crippen LogP contribution in [0.15, 0.2) is 34.9 Å². The fourth-order valence-corrected chi connectivity index (χ4v) is 2.46. The van der Waals surface area contributed by atoms with Crippen LogP contribution in [0, 0.1) is 4.91 Å². The second kappa shape index (κ2) is 15.3. The van der Waals surface area contributed by atoms with E-state index >= 15 is 0 Å². The van der Waals surface area contributed by atoms with E-state index in [1.54, 1.807) is 0 Å². The standard InChI is InChI=1S/C18H30.HNO4S/c1-2-3-4-5-6-7-8-9-10-12-15-18-16-13-11-14-17-18;2-1-6(3,4)5/h11,13-14,16-17H,2-10,12,15H2,1H3;(H,3,4,5). The lowest BCUT2D eigenvalue weighted by Crippen LogP contribution is -1.86. The van der Waals surface area contributed by atoms with E-state index in [2.05, 4.69) is 37.3 Å². The molecule has 1 rings (SSSR count). The highest BCUT2D eigenvalue weighted by Crippen LogP contribution is 2.12. The van der Waals surface area contributed by atoms with Crippen LogP contribution in [0.1, 0.15) is 76.7 Å². The monoisotopic (exact) mass is 357 g/mol. The molecule has 0 heterocycles. The predicted octanol–water partition coefficient (Wildman–Crippen LogP) is 5.71. The van der Waals surface area contributed by atoms with E-state index in [-0.39, 0.29) is 0 Å². The molecule has 0 radical (unpaired) electrons. The zero-order valence-electron chi connectivity index (χ0n) is 14.7. The van der Waals surface area contributed by atoms with E-state index < -0.39 is 10.3 Å². The minimum atomic E-state index is -4.59. The maximum Gasteiger partial charge on any atom is 0.413 e. The molecule has 0 fully saturated rings. The van der Waals surface area contributed by atoms with E-state index in [1.165, 1.54) is 80.8 Å². The third-order valence-corrected chi connectivity index (χ3v) is 3.94. The summed E-state index contributed by atoms with van der Waals surface area (Å²) >= 11 is 0. The van der Waals surface area contributed by atoms with Crippen LogP contribution in [0.3, 0.4) is 0 Å². The Hall–Kier alpha value is -1.27. The second-order valence-electron chi connectivity index (χ2n) is 5.94. The summed E-state index contributed by atoms with van der Waals surface area (Å²) in [5, 5.41) is 0. The van der Waals surface area contributed by atoms with E-state index in [0.717, 1.165) is 0 Å². The molecule has 24 heavy (non-hydrogen) atoms. The van der Waals surface area contributed by atoms with Gasteiger partial charge in [0.05, 0.1) is 4.58 Å². The van der Waals surface area contributed by atoms with Gasteiger partial charge in [-0.3, -0.25) is 4.55 Å². The Balaban J connectivity index is 0.000000754. The van der Waals surface area contributed by atoms with Gasteiger partial charge in [-0.2, -0.15) is 8.42 Å². The molecule has 1 aromatic rings. The van der Waals surface area contributed by atoms with Gasteiger partial charge in [0.1, 0.15) is 0 Å². The molecule has 0 unspecified atom stereocenters. The second-order valence-corrected chi connectivity index (χ2v) is 6.98. The van der Waals surface area contributed by atoms with Crippen molar-refractivity contribution < 1.29 is 13.0 Å². The molecule has 0 aliphatic rings. The molecule has 6 heteroatoms. The number of nitroso groups, excluding NO2 is 1. The highest BCUT2D eigenvalue weighted by molar-refractivity contribution is 7.84. The molecule has 0 aliphatic heterocycles. The van der Waals surface area contributed by atoms with Crippen molar-refractivity contribution in [3.05, 3.63) is 40.8 Å². The Morgan fingerprint density at radius 3 is 1.67 bits per heavy atom. The SMILES string of the molecule is CCCCCCCCCCCCc1ccccc1.O=NS(=O)(=O)O. The van der Waals surface area contributed by atoms with Crippen molar-refractivity contribution in [3.8, 4) is 0 Å².